The van der Waals surface area contributed by atoms with Gasteiger partial charge in [-0.25, -0.2) is 0 Å². The number of pyridine rings is 1. The Labute approximate surface area is 81.8 Å². The van der Waals surface area contributed by atoms with Gasteiger partial charge in [-0.2, -0.15) is 4.80 Å². The summed E-state index contributed by atoms with van der Waals surface area (Å²) in [5, 5.41) is 11.9. The van der Waals surface area contributed by atoms with E-state index in [9.17, 15) is 0 Å². The van der Waals surface area contributed by atoms with Gasteiger partial charge in [0, 0.05) is 6.20 Å². The molecule has 5 heteroatoms. The third-order valence-electron chi connectivity index (χ3n) is 1.70. The van der Waals surface area contributed by atoms with Crippen LogP contribution in [-0.4, -0.2) is 25.2 Å². The molecule has 0 fully saturated rings. The summed E-state index contributed by atoms with van der Waals surface area (Å²) in [4.78, 5) is 5.65. The third-order valence-corrected chi connectivity index (χ3v) is 1.70. The highest BCUT2D eigenvalue weighted by Crippen LogP contribution is 2.07. The Morgan fingerprint density at radius 2 is 2.29 bits per heavy atom. The van der Waals surface area contributed by atoms with Crippen molar-refractivity contribution in [3.63, 3.8) is 0 Å². The molecule has 0 aliphatic rings. The minimum Gasteiger partial charge on any atom is -0.253 e. The fourth-order valence-corrected chi connectivity index (χ4v) is 1.08. The van der Waals surface area contributed by atoms with Gasteiger partial charge in [-0.15, -0.1) is 10.2 Å². The van der Waals surface area contributed by atoms with Crippen LogP contribution in [0.25, 0.3) is 11.5 Å². The lowest BCUT2D eigenvalue weighted by Gasteiger charge is -1.92. The van der Waals surface area contributed by atoms with Crippen molar-refractivity contribution in [3.05, 3.63) is 31.3 Å². The molecule has 2 heterocycles. The SMILES string of the molecule is [CH2]CCn1nnc(-c2ccccn2)n1. The van der Waals surface area contributed by atoms with Gasteiger partial charge in [0.15, 0.2) is 0 Å². The molecule has 2 aromatic heterocycles. The van der Waals surface area contributed by atoms with Gasteiger partial charge in [-0.05, 0) is 23.8 Å². The average molecular weight is 188 g/mol. The Balaban J connectivity index is 2.25. The molecule has 5 nitrogen and oxygen atoms in total. The fraction of sp³-hybridized carbons (Fsp3) is 0.222. The fourth-order valence-electron chi connectivity index (χ4n) is 1.08. The highest BCUT2D eigenvalue weighted by molar-refractivity contribution is 5.46. The summed E-state index contributed by atoms with van der Waals surface area (Å²) in [6, 6.07) is 5.60. The van der Waals surface area contributed by atoms with Crippen molar-refractivity contribution in [2.24, 2.45) is 0 Å². The van der Waals surface area contributed by atoms with E-state index in [0.717, 1.165) is 12.1 Å². The molecule has 0 atom stereocenters. The van der Waals surface area contributed by atoms with E-state index in [-0.39, 0.29) is 0 Å². The monoisotopic (exact) mass is 188 g/mol. The molecule has 1 radical (unpaired) electrons. The largest absolute Gasteiger partial charge is 0.253 e. The Kier molecular flexibility index (Phi) is 2.48. The van der Waals surface area contributed by atoms with E-state index in [4.69, 9.17) is 0 Å². The molecule has 0 amide bonds. The van der Waals surface area contributed by atoms with E-state index in [1.165, 1.54) is 4.80 Å². The van der Waals surface area contributed by atoms with Crippen LogP contribution < -0.4 is 0 Å². The Morgan fingerprint density at radius 1 is 1.36 bits per heavy atom. The summed E-state index contributed by atoms with van der Waals surface area (Å²) >= 11 is 0. The molecule has 0 aromatic carbocycles. The van der Waals surface area contributed by atoms with Crippen LogP contribution in [-0.2, 0) is 6.54 Å². The Hall–Kier alpha value is -1.78. The molecule has 71 valence electrons. The number of hydrogen-bond acceptors (Lipinski definition) is 4. The van der Waals surface area contributed by atoms with Crippen LogP contribution in [0.15, 0.2) is 24.4 Å². The topological polar surface area (TPSA) is 56.5 Å². The molecule has 0 saturated carbocycles. The summed E-state index contributed by atoms with van der Waals surface area (Å²) in [5.74, 6) is 0.555. The van der Waals surface area contributed by atoms with E-state index < -0.39 is 0 Å². The number of aromatic nitrogens is 5. The second-order valence-corrected chi connectivity index (χ2v) is 2.78. The summed E-state index contributed by atoms with van der Waals surface area (Å²) in [7, 11) is 0. The molecule has 2 aromatic rings. The van der Waals surface area contributed by atoms with Gasteiger partial charge in [0.25, 0.3) is 0 Å². The maximum absolute atomic E-state index is 4.16. The van der Waals surface area contributed by atoms with Crippen molar-refractivity contribution in [2.45, 2.75) is 13.0 Å². The van der Waals surface area contributed by atoms with Crippen LogP contribution in [0.2, 0.25) is 0 Å². The number of hydrogen-bond donors (Lipinski definition) is 0. The summed E-state index contributed by atoms with van der Waals surface area (Å²) in [6.07, 6.45) is 2.45. The van der Waals surface area contributed by atoms with Crippen molar-refractivity contribution in [2.75, 3.05) is 0 Å². The van der Waals surface area contributed by atoms with Crippen molar-refractivity contribution in [1.29, 1.82) is 0 Å². The van der Waals surface area contributed by atoms with Gasteiger partial charge in [0.2, 0.25) is 5.82 Å². The first-order chi connectivity index (χ1) is 6.90. The van der Waals surface area contributed by atoms with Crippen molar-refractivity contribution in [3.8, 4) is 11.5 Å². The highest BCUT2D eigenvalue weighted by Gasteiger charge is 2.04. The second-order valence-electron chi connectivity index (χ2n) is 2.78. The summed E-state index contributed by atoms with van der Waals surface area (Å²) in [5.41, 5.74) is 0.739. The van der Waals surface area contributed by atoms with Crippen molar-refractivity contribution >= 4 is 0 Å². The maximum atomic E-state index is 4.16. The van der Waals surface area contributed by atoms with Crippen LogP contribution in [0, 0.1) is 6.92 Å². The molecule has 0 spiro atoms. The summed E-state index contributed by atoms with van der Waals surface area (Å²) in [6.45, 7) is 4.40. The van der Waals surface area contributed by atoms with Crippen LogP contribution in [0.3, 0.4) is 0 Å². The lowest BCUT2D eigenvalue weighted by Crippen LogP contribution is -2.01. The normalized spacial score (nSPS) is 10.4. The van der Waals surface area contributed by atoms with E-state index in [0.29, 0.717) is 12.4 Å². The van der Waals surface area contributed by atoms with Crippen LogP contribution in [0.4, 0.5) is 0 Å². The van der Waals surface area contributed by atoms with Crippen LogP contribution >= 0.6 is 0 Å². The first kappa shape index (κ1) is 8.80. The van der Waals surface area contributed by atoms with Gasteiger partial charge in [0.05, 0.1) is 6.54 Å². The zero-order valence-corrected chi connectivity index (χ0v) is 7.67. The van der Waals surface area contributed by atoms with Crippen LogP contribution in [0.1, 0.15) is 6.42 Å². The quantitative estimate of drug-likeness (QED) is 0.719. The second kappa shape index (κ2) is 3.95. The van der Waals surface area contributed by atoms with Gasteiger partial charge in [-0.1, -0.05) is 13.0 Å². The third kappa shape index (κ3) is 1.76. The van der Waals surface area contributed by atoms with E-state index in [2.05, 4.69) is 27.3 Å². The van der Waals surface area contributed by atoms with Gasteiger partial charge in [-0.3, -0.25) is 4.98 Å². The number of aryl methyl sites for hydroxylation is 1. The smallest absolute Gasteiger partial charge is 0.223 e. The lowest BCUT2D eigenvalue weighted by atomic mass is 10.3. The Bertz CT molecular complexity index is 395. The van der Waals surface area contributed by atoms with Gasteiger partial charge in [0.1, 0.15) is 5.69 Å². The van der Waals surface area contributed by atoms with E-state index >= 15 is 0 Å². The first-order valence-corrected chi connectivity index (χ1v) is 4.38. The average Bonchev–Trinajstić information content (AvgIpc) is 2.68. The molecule has 0 saturated heterocycles. The highest BCUT2D eigenvalue weighted by atomic mass is 15.6. The number of tetrazole rings is 1. The van der Waals surface area contributed by atoms with Crippen molar-refractivity contribution < 1.29 is 0 Å². The molecule has 14 heavy (non-hydrogen) atoms. The maximum Gasteiger partial charge on any atom is 0.223 e. The summed E-state index contributed by atoms with van der Waals surface area (Å²) < 4.78 is 0. The first-order valence-electron chi connectivity index (χ1n) is 4.38. The van der Waals surface area contributed by atoms with Gasteiger partial charge < -0.3 is 0 Å². The minimum atomic E-state index is 0.555. The molecule has 0 bridgehead atoms. The molecular formula is C9H10N5. The molecule has 0 unspecified atom stereocenters. The lowest BCUT2D eigenvalue weighted by molar-refractivity contribution is 0.527. The zero-order valence-electron chi connectivity index (χ0n) is 7.67. The number of rotatable bonds is 3. The zero-order chi connectivity index (χ0) is 9.80. The van der Waals surface area contributed by atoms with Crippen molar-refractivity contribution in [1.82, 2.24) is 25.2 Å². The molecule has 0 aliphatic heterocycles. The minimum absolute atomic E-state index is 0.555. The molecule has 0 N–H and O–H groups in total. The molecule has 0 aliphatic carbocycles. The Morgan fingerprint density at radius 3 is 3.00 bits per heavy atom. The number of nitrogens with zero attached hydrogens (tertiary/aromatic N) is 5. The molecular weight excluding hydrogens is 178 g/mol. The standard InChI is InChI=1S/C9H10N5/c1-2-7-14-12-9(11-13-14)8-5-3-4-6-10-8/h3-6H,1-2,7H2. The van der Waals surface area contributed by atoms with Gasteiger partial charge >= 0.3 is 0 Å². The molecule has 2 rings (SSSR count). The van der Waals surface area contributed by atoms with E-state index in [1.54, 1.807) is 6.20 Å². The van der Waals surface area contributed by atoms with E-state index in [1.807, 2.05) is 18.2 Å². The van der Waals surface area contributed by atoms with Crippen LogP contribution in [0.5, 0.6) is 0 Å². The predicted octanol–water partition coefficient (Wildman–Crippen LogP) is 0.959. The predicted molar refractivity (Wildman–Crippen MR) is 51.0 cm³/mol.